The summed E-state index contributed by atoms with van der Waals surface area (Å²) in [6, 6.07) is 7.21. The molecule has 0 fully saturated rings. The lowest BCUT2D eigenvalue weighted by Gasteiger charge is -2.20. The Morgan fingerprint density at radius 3 is 2.75 bits per heavy atom. The third-order valence-electron chi connectivity index (χ3n) is 3.55. The van der Waals surface area contributed by atoms with Gasteiger partial charge in [0.1, 0.15) is 6.33 Å². The van der Waals surface area contributed by atoms with Gasteiger partial charge in [-0.25, -0.2) is 9.67 Å². The van der Waals surface area contributed by atoms with Gasteiger partial charge in [0, 0.05) is 12.4 Å². The number of aromatic nitrogens is 4. The minimum Gasteiger partial charge on any atom is -0.341 e. The number of carbonyl (C=O) groups excluding carboxylic acids is 1. The zero-order valence-electron chi connectivity index (χ0n) is 13.6. The van der Waals surface area contributed by atoms with Crippen molar-refractivity contribution in [3.05, 3.63) is 59.1 Å². The molecule has 0 saturated carbocycles. The van der Waals surface area contributed by atoms with E-state index in [-0.39, 0.29) is 11.9 Å². The molecule has 3 aromatic heterocycles. The van der Waals surface area contributed by atoms with Gasteiger partial charge < -0.3 is 5.32 Å². The van der Waals surface area contributed by atoms with Crippen LogP contribution >= 0.6 is 11.3 Å². The highest BCUT2D eigenvalue weighted by Gasteiger charge is 2.23. The summed E-state index contributed by atoms with van der Waals surface area (Å²) in [5.41, 5.74) is 0.872. The average Bonchev–Trinajstić information content (AvgIpc) is 3.26. The lowest BCUT2D eigenvalue weighted by molar-refractivity contribution is 0.0933. The van der Waals surface area contributed by atoms with Crippen molar-refractivity contribution in [2.45, 2.75) is 26.3 Å². The summed E-state index contributed by atoms with van der Waals surface area (Å²) < 4.78 is 1.75. The summed E-state index contributed by atoms with van der Waals surface area (Å²) in [5.74, 6) is 1.04. The van der Waals surface area contributed by atoms with Crippen molar-refractivity contribution in [1.82, 2.24) is 25.1 Å². The normalized spacial score (nSPS) is 12.3. The van der Waals surface area contributed by atoms with E-state index in [1.165, 1.54) is 17.7 Å². The number of pyridine rings is 1. The molecule has 7 heteroatoms. The molecule has 0 spiro atoms. The molecule has 0 unspecified atom stereocenters. The molecule has 0 bridgehead atoms. The third kappa shape index (κ3) is 3.68. The summed E-state index contributed by atoms with van der Waals surface area (Å²) in [6.45, 7) is 4.24. The van der Waals surface area contributed by atoms with Crippen LogP contribution in [-0.4, -0.2) is 25.7 Å². The van der Waals surface area contributed by atoms with E-state index < -0.39 is 0 Å². The Morgan fingerprint density at radius 2 is 2.08 bits per heavy atom. The van der Waals surface area contributed by atoms with Crippen molar-refractivity contribution in [2.24, 2.45) is 5.92 Å². The predicted octanol–water partition coefficient (Wildman–Crippen LogP) is 3.24. The Hall–Kier alpha value is -2.54. The van der Waals surface area contributed by atoms with Crippen LogP contribution in [0.25, 0.3) is 5.69 Å². The second kappa shape index (κ2) is 7.35. The molecular weight excluding hydrogens is 322 g/mol. The van der Waals surface area contributed by atoms with Crippen molar-refractivity contribution in [2.75, 3.05) is 0 Å². The first-order chi connectivity index (χ1) is 11.6. The van der Waals surface area contributed by atoms with E-state index in [9.17, 15) is 4.79 Å². The van der Waals surface area contributed by atoms with Gasteiger partial charge in [0.05, 0.1) is 16.6 Å². The fourth-order valence-electron chi connectivity index (χ4n) is 2.51. The highest BCUT2D eigenvalue weighted by atomic mass is 32.1. The van der Waals surface area contributed by atoms with Crippen LogP contribution in [0.4, 0.5) is 0 Å². The van der Waals surface area contributed by atoms with Gasteiger partial charge in [-0.15, -0.1) is 11.3 Å². The van der Waals surface area contributed by atoms with Crippen LogP contribution in [0, 0.1) is 5.92 Å². The maximum atomic E-state index is 12.5. The summed E-state index contributed by atoms with van der Waals surface area (Å²) in [5, 5.41) is 9.30. The smallest absolute Gasteiger partial charge is 0.261 e. The Labute approximate surface area is 144 Å². The van der Waals surface area contributed by atoms with E-state index in [2.05, 4.69) is 34.2 Å². The number of hydrogen-bond acceptors (Lipinski definition) is 5. The molecule has 0 aliphatic heterocycles. The molecule has 1 amide bonds. The Morgan fingerprint density at radius 1 is 1.29 bits per heavy atom. The Bertz CT molecular complexity index is 782. The zero-order valence-corrected chi connectivity index (χ0v) is 14.4. The van der Waals surface area contributed by atoms with Crippen molar-refractivity contribution < 1.29 is 4.79 Å². The number of rotatable bonds is 6. The molecule has 24 heavy (non-hydrogen) atoms. The Balaban J connectivity index is 1.90. The van der Waals surface area contributed by atoms with Gasteiger partial charge in [0.25, 0.3) is 5.91 Å². The summed E-state index contributed by atoms with van der Waals surface area (Å²) in [7, 11) is 0. The second-order valence-electron chi connectivity index (χ2n) is 5.87. The third-order valence-corrected chi connectivity index (χ3v) is 4.42. The molecule has 124 valence electrons. The van der Waals surface area contributed by atoms with Crippen LogP contribution in [0.3, 0.4) is 0 Å². The van der Waals surface area contributed by atoms with Crippen molar-refractivity contribution in [3.63, 3.8) is 0 Å². The summed E-state index contributed by atoms with van der Waals surface area (Å²) >= 11 is 1.43. The zero-order chi connectivity index (χ0) is 16.9. The van der Waals surface area contributed by atoms with E-state index >= 15 is 0 Å². The van der Waals surface area contributed by atoms with Crippen LogP contribution in [0.5, 0.6) is 0 Å². The molecule has 3 aromatic rings. The van der Waals surface area contributed by atoms with E-state index in [4.69, 9.17) is 0 Å². The number of thiophene rings is 1. The van der Waals surface area contributed by atoms with Crippen molar-refractivity contribution >= 4 is 17.2 Å². The summed E-state index contributed by atoms with van der Waals surface area (Å²) in [6.07, 6.45) is 5.71. The molecular formula is C17H19N5OS. The van der Waals surface area contributed by atoms with Crippen molar-refractivity contribution in [1.29, 1.82) is 0 Å². The fourth-order valence-corrected chi connectivity index (χ4v) is 3.14. The van der Waals surface area contributed by atoms with Gasteiger partial charge in [-0.2, -0.15) is 5.10 Å². The molecule has 3 rings (SSSR count). The number of amides is 1. The van der Waals surface area contributed by atoms with Gasteiger partial charge >= 0.3 is 0 Å². The lowest BCUT2D eigenvalue weighted by atomic mass is 10.0. The number of nitrogens with one attached hydrogen (secondary N) is 1. The highest BCUT2D eigenvalue weighted by Crippen LogP contribution is 2.22. The van der Waals surface area contributed by atoms with Crippen LogP contribution in [0.2, 0.25) is 0 Å². The van der Waals surface area contributed by atoms with Crippen LogP contribution < -0.4 is 5.32 Å². The maximum Gasteiger partial charge on any atom is 0.261 e. The highest BCUT2D eigenvalue weighted by molar-refractivity contribution is 7.12. The van der Waals surface area contributed by atoms with E-state index in [0.717, 1.165) is 17.9 Å². The monoisotopic (exact) mass is 341 g/mol. The van der Waals surface area contributed by atoms with Crippen LogP contribution in [-0.2, 0) is 0 Å². The van der Waals surface area contributed by atoms with E-state index in [0.29, 0.717) is 10.8 Å². The van der Waals surface area contributed by atoms with Crippen molar-refractivity contribution in [3.8, 4) is 5.69 Å². The predicted molar refractivity (Wildman–Crippen MR) is 93.1 cm³/mol. The lowest BCUT2D eigenvalue weighted by Crippen LogP contribution is -2.31. The maximum absolute atomic E-state index is 12.5. The minimum absolute atomic E-state index is 0.0834. The largest absolute Gasteiger partial charge is 0.341 e. The molecule has 3 heterocycles. The molecule has 6 nitrogen and oxygen atoms in total. The standard InChI is InChI=1S/C17H19N5OS/c1-12(2)10-14(21-17(23)15-4-3-9-24-15)16-19-11-20-22(16)13-5-7-18-8-6-13/h3-9,11-12,14H,10H2,1-2H3,(H,21,23)/t14-/m1/s1. The Kier molecular flexibility index (Phi) is 5.00. The topological polar surface area (TPSA) is 72.7 Å². The molecule has 0 saturated heterocycles. The van der Waals surface area contributed by atoms with Gasteiger partial charge in [-0.1, -0.05) is 19.9 Å². The quantitative estimate of drug-likeness (QED) is 0.747. The first-order valence-corrected chi connectivity index (χ1v) is 8.68. The fraction of sp³-hybridized carbons (Fsp3) is 0.294. The second-order valence-corrected chi connectivity index (χ2v) is 6.82. The van der Waals surface area contributed by atoms with Crippen LogP contribution in [0.15, 0.2) is 48.4 Å². The SMILES string of the molecule is CC(C)C[C@@H](NC(=O)c1cccs1)c1ncnn1-c1ccncc1. The van der Waals surface area contributed by atoms with Gasteiger partial charge in [-0.05, 0) is 35.9 Å². The first-order valence-electron chi connectivity index (χ1n) is 7.80. The number of nitrogens with zero attached hydrogens (tertiary/aromatic N) is 4. The van der Waals surface area contributed by atoms with Gasteiger partial charge in [0.2, 0.25) is 0 Å². The van der Waals surface area contributed by atoms with E-state index in [1.54, 1.807) is 17.1 Å². The van der Waals surface area contributed by atoms with E-state index in [1.807, 2.05) is 29.6 Å². The first kappa shape index (κ1) is 16.3. The molecule has 0 aliphatic carbocycles. The molecule has 0 aromatic carbocycles. The van der Waals surface area contributed by atoms with Gasteiger partial charge in [0.15, 0.2) is 5.82 Å². The molecule has 1 N–H and O–H groups in total. The number of carbonyl (C=O) groups is 1. The molecule has 0 aliphatic rings. The molecule has 0 radical (unpaired) electrons. The summed E-state index contributed by atoms with van der Waals surface area (Å²) in [4.78, 5) is 21.6. The van der Waals surface area contributed by atoms with Gasteiger partial charge in [-0.3, -0.25) is 9.78 Å². The van der Waals surface area contributed by atoms with Crippen LogP contribution in [0.1, 0.15) is 41.8 Å². The minimum atomic E-state index is -0.213. The average molecular weight is 341 g/mol. The molecule has 1 atom stereocenters. The number of hydrogen-bond donors (Lipinski definition) is 1.